The number of thioether (sulfide) groups is 3. The average molecular weight is 194 g/mol. The van der Waals surface area contributed by atoms with Gasteiger partial charge in [-0.2, -0.15) is 11.8 Å². The fraction of sp³-hybridized carbons (Fsp3) is 0.714. The van der Waals surface area contributed by atoms with Crippen molar-refractivity contribution in [3.63, 3.8) is 0 Å². The van der Waals surface area contributed by atoms with Crippen molar-refractivity contribution in [2.75, 3.05) is 24.0 Å². The Morgan fingerprint density at radius 3 is 2.50 bits per heavy atom. The van der Waals surface area contributed by atoms with Crippen LogP contribution >= 0.6 is 35.3 Å². The van der Waals surface area contributed by atoms with Crippen molar-refractivity contribution in [3.8, 4) is 0 Å². The maximum atomic E-state index is 2.20. The minimum absolute atomic E-state index is 1.24. The number of hydrogen-bond donors (Lipinski definition) is 0. The van der Waals surface area contributed by atoms with Gasteiger partial charge in [0.15, 0.2) is 0 Å². The van der Waals surface area contributed by atoms with Gasteiger partial charge in [0.25, 0.3) is 0 Å². The molecule has 0 aromatic rings. The van der Waals surface area contributed by atoms with Gasteiger partial charge < -0.3 is 0 Å². The van der Waals surface area contributed by atoms with Gasteiger partial charge in [0.1, 0.15) is 0 Å². The van der Waals surface area contributed by atoms with E-state index >= 15 is 0 Å². The van der Waals surface area contributed by atoms with E-state index in [1.165, 1.54) is 16.4 Å². The summed E-state index contributed by atoms with van der Waals surface area (Å²) in [5.41, 5.74) is 0. The van der Waals surface area contributed by atoms with Gasteiger partial charge in [-0.25, -0.2) is 0 Å². The Balaban J connectivity index is 3.21. The normalized spacial score (nSPS) is 12.1. The highest BCUT2D eigenvalue weighted by molar-refractivity contribution is 8.06. The monoisotopic (exact) mass is 194 g/mol. The first-order chi connectivity index (χ1) is 4.81. The summed E-state index contributed by atoms with van der Waals surface area (Å²) >= 11 is 5.63. The molecule has 0 heterocycles. The summed E-state index contributed by atoms with van der Waals surface area (Å²) in [4.78, 5) is 1.43. The molecule has 10 heavy (non-hydrogen) atoms. The standard InChI is InChI=1S/C7H14S3/c1-7(6-9-3)10-5-4-8-2/h6H,4-5H2,1-3H3. The van der Waals surface area contributed by atoms with Crippen molar-refractivity contribution in [1.82, 2.24) is 0 Å². The molecule has 0 N–H and O–H groups in total. The fourth-order valence-electron chi connectivity index (χ4n) is 0.486. The van der Waals surface area contributed by atoms with Gasteiger partial charge in [-0.3, -0.25) is 0 Å². The van der Waals surface area contributed by atoms with Gasteiger partial charge in [-0.1, -0.05) is 0 Å². The smallest absolute Gasteiger partial charge is 0.00678 e. The zero-order valence-electron chi connectivity index (χ0n) is 6.72. The van der Waals surface area contributed by atoms with Crippen molar-refractivity contribution in [3.05, 3.63) is 10.3 Å². The lowest BCUT2D eigenvalue weighted by Crippen LogP contribution is -1.80. The van der Waals surface area contributed by atoms with E-state index in [9.17, 15) is 0 Å². The van der Waals surface area contributed by atoms with Crippen LogP contribution in [0.1, 0.15) is 6.92 Å². The van der Waals surface area contributed by atoms with Crippen molar-refractivity contribution in [2.24, 2.45) is 0 Å². The molecule has 0 bridgehead atoms. The number of rotatable bonds is 5. The topological polar surface area (TPSA) is 0 Å². The second-order valence-corrected chi connectivity index (χ2v) is 4.84. The minimum Gasteiger partial charge on any atom is -0.165 e. The van der Waals surface area contributed by atoms with Gasteiger partial charge in [0, 0.05) is 11.5 Å². The predicted molar refractivity (Wildman–Crippen MR) is 58.1 cm³/mol. The van der Waals surface area contributed by atoms with Crippen LogP contribution in [-0.4, -0.2) is 24.0 Å². The molecule has 3 heteroatoms. The summed E-state index contributed by atoms with van der Waals surface area (Å²) in [6.45, 7) is 2.17. The van der Waals surface area contributed by atoms with Gasteiger partial charge in [-0.15, -0.1) is 23.5 Å². The lowest BCUT2D eigenvalue weighted by Gasteiger charge is -1.97. The first kappa shape index (κ1) is 10.8. The molecule has 0 spiro atoms. The van der Waals surface area contributed by atoms with Gasteiger partial charge in [0.05, 0.1) is 0 Å². The lowest BCUT2D eigenvalue weighted by molar-refractivity contribution is 1.55. The Kier molecular flexibility index (Phi) is 8.52. The van der Waals surface area contributed by atoms with Crippen molar-refractivity contribution < 1.29 is 0 Å². The van der Waals surface area contributed by atoms with Crippen LogP contribution in [0.4, 0.5) is 0 Å². The molecule has 0 unspecified atom stereocenters. The highest BCUT2D eigenvalue weighted by Crippen LogP contribution is 2.18. The third-order valence-corrected chi connectivity index (χ3v) is 3.49. The molecule has 0 nitrogen and oxygen atoms in total. The molecule has 0 aromatic carbocycles. The highest BCUT2D eigenvalue weighted by Gasteiger charge is 1.88. The van der Waals surface area contributed by atoms with Crippen LogP contribution in [0, 0.1) is 0 Å². The molecule has 0 saturated heterocycles. The first-order valence-electron chi connectivity index (χ1n) is 3.12. The van der Waals surface area contributed by atoms with Crippen LogP contribution in [0.5, 0.6) is 0 Å². The first-order valence-corrected chi connectivity index (χ1v) is 6.79. The second-order valence-electron chi connectivity index (χ2n) is 1.81. The third kappa shape index (κ3) is 6.90. The Morgan fingerprint density at radius 2 is 2.00 bits per heavy atom. The molecular formula is C7H14S3. The minimum atomic E-state index is 1.24. The molecule has 0 aliphatic rings. The van der Waals surface area contributed by atoms with Crippen LogP contribution in [-0.2, 0) is 0 Å². The fourth-order valence-corrected chi connectivity index (χ4v) is 2.70. The third-order valence-electron chi connectivity index (χ3n) is 0.901. The number of allylic oxidation sites excluding steroid dienone is 1. The number of hydrogen-bond acceptors (Lipinski definition) is 3. The molecule has 60 valence electrons. The summed E-state index contributed by atoms with van der Waals surface area (Å²) in [6.07, 6.45) is 4.24. The average Bonchev–Trinajstić information content (AvgIpc) is 1.89. The van der Waals surface area contributed by atoms with Crippen molar-refractivity contribution in [2.45, 2.75) is 6.92 Å². The largest absolute Gasteiger partial charge is 0.165 e. The summed E-state index contributed by atoms with van der Waals surface area (Å²) in [6, 6.07) is 0. The Hall–Kier alpha value is 0.790. The zero-order valence-corrected chi connectivity index (χ0v) is 9.17. The Morgan fingerprint density at radius 1 is 1.30 bits per heavy atom. The zero-order chi connectivity index (χ0) is 7.82. The highest BCUT2D eigenvalue weighted by atomic mass is 32.2. The summed E-state index contributed by atoms with van der Waals surface area (Å²) in [7, 11) is 0. The van der Waals surface area contributed by atoms with Crippen LogP contribution in [0.15, 0.2) is 10.3 Å². The van der Waals surface area contributed by atoms with Gasteiger partial charge in [0.2, 0.25) is 0 Å². The molecule has 0 aliphatic carbocycles. The molecule has 0 amide bonds. The van der Waals surface area contributed by atoms with E-state index in [0.717, 1.165) is 0 Å². The molecule has 0 saturated carbocycles. The van der Waals surface area contributed by atoms with E-state index in [0.29, 0.717) is 0 Å². The van der Waals surface area contributed by atoms with Crippen LogP contribution < -0.4 is 0 Å². The van der Waals surface area contributed by atoms with E-state index < -0.39 is 0 Å². The van der Waals surface area contributed by atoms with Crippen LogP contribution in [0.25, 0.3) is 0 Å². The van der Waals surface area contributed by atoms with E-state index in [4.69, 9.17) is 0 Å². The maximum absolute atomic E-state index is 2.20. The molecule has 0 rings (SSSR count). The molecule has 0 radical (unpaired) electrons. The summed E-state index contributed by atoms with van der Waals surface area (Å²) in [5, 5.41) is 2.20. The van der Waals surface area contributed by atoms with Gasteiger partial charge in [-0.05, 0) is 29.7 Å². The summed E-state index contributed by atoms with van der Waals surface area (Å²) < 4.78 is 0. The van der Waals surface area contributed by atoms with E-state index in [1.54, 1.807) is 11.8 Å². The van der Waals surface area contributed by atoms with Gasteiger partial charge >= 0.3 is 0 Å². The van der Waals surface area contributed by atoms with E-state index in [1.807, 2.05) is 23.5 Å². The summed E-state index contributed by atoms with van der Waals surface area (Å²) in [5.74, 6) is 2.49. The Labute approximate surface area is 76.6 Å². The second kappa shape index (κ2) is 7.89. The molecule has 0 aliphatic heterocycles. The lowest BCUT2D eigenvalue weighted by atomic mass is 10.8. The van der Waals surface area contributed by atoms with E-state index in [-0.39, 0.29) is 0 Å². The molecule has 0 atom stereocenters. The Bertz CT molecular complexity index is 99.0. The van der Waals surface area contributed by atoms with Crippen LogP contribution in [0.2, 0.25) is 0 Å². The predicted octanol–water partition coefficient (Wildman–Crippen LogP) is 3.31. The maximum Gasteiger partial charge on any atom is 0.00678 e. The quantitative estimate of drug-likeness (QED) is 0.616. The van der Waals surface area contributed by atoms with Crippen LogP contribution in [0.3, 0.4) is 0 Å². The molecule has 0 aromatic heterocycles. The molecular weight excluding hydrogens is 180 g/mol. The van der Waals surface area contributed by atoms with E-state index in [2.05, 4.69) is 24.8 Å². The SMILES string of the molecule is CSC=C(C)SCCSC. The van der Waals surface area contributed by atoms with Crippen molar-refractivity contribution in [1.29, 1.82) is 0 Å². The molecule has 0 fully saturated rings. The van der Waals surface area contributed by atoms with Crippen molar-refractivity contribution >= 4 is 35.3 Å².